The monoisotopic (exact) mass is 230 g/mol. The van der Waals surface area contributed by atoms with Crippen LogP contribution in [-0.4, -0.2) is 23.9 Å². The number of nitrogens with one attached hydrogen (secondary N) is 1. The summed E-state index contributed by atoms with van der Waals surface area (Å²) >= 11 is 0. The Hall–Kier alpha value is -1.35. The lowest BCUT2D eigenvalue weighted by molar-refractivity contribution is 0.0788. The molecule has 0 saturated carbocycles. The van der Waals surface area contributed by atoms with Crippen LogP contribution in [-0.2, 0) is 13.1 Å². The predicted octanol–water partition coefficient (Wildman–Crippen LogP) is 1.77. The Labute approximate surface area is 102 Å². The summed E-state index contributed by atoms with van der Waals surface area (Å²) in [6, 6.07) is 6.11. The van der Waals surface area contributed by atoms with Gasteiger partial charge >= 0.3 is 0 Å². The van der Waals surface area contributed by atoms with Gasteiger partial charge in [0.2, 0.25) is 0 Å². The van der Waals surface area contributed by atoms with Crippen LogP contribution < -0.4 is 5.32 Å². The van der Waals surface area contributed by atoms with Gasteiger partial charge in [-0.3, -0.25) is 4.79 Å². The average Bonchev–Trinajstić information content (AvgIpc) is 2.95. The van der Waals surface area contributed by atoms with E-state index >= 15 is 0 Å². The molecule has 1 amide bonds. The van der Waals surface area contributed by atoms with E-state index in [1.165, 1.54) is 11.1 Å². The maximum Gasteiger partial charge on any atom is 0.253 e. The minimum atomic E-state index is 0.198. The van der Waals surface area contributed by atoms with Crippen molar-refractivity contribution in [3.63, 3.8) is 0 Å². The first kappa shape index (κ1) is 10.8. The third kappa shape index (κ3) is 1.95. The SMILES string of the molecule is CC1CCN(C(=O)c2ccc3c(c2)CNC3)C1. The van der Waals surface area contributed by atoms with Gasteiger partial charge in [0.05, 0.1) is 0 Å². The number of fused-ring (bicyclic) bond motifs is 1. The quantitative estimate of drug-likeness (QED) is 0.797. The molecule has 1 aromatic rings. The van der Waals surface area contributed by atoms with E-state index in [0.717, 1.165) is 38.2 Å². The molecule has 2 heterocycles. The van der Waals surface area contributed by atoms with Crippen LogP contribution in [0.5, 0.6) is 0 Å². The van der Waals surface area contributed by atoms with Crippen molar-refractivity contribution in [2.24, 2.45) is 5.92 Å². The fourth-order valence-electron chi connectivity index (χ4n) is 2.73. The van der Waals surface area contributed by atoms with Crippen molar-refractivity contribution in [1.29, 1.82) is 0 Å². The number of carbonyl (C=O) groups excluding carboxylic acids is 1. The number of hydrogen-bond donors (Lipinski definition) is 1. The maximum absolute atomic E-state index is 12.3. The highest BCUT2D eigenvalue weighted by molar-refractivity contribution is 5.94. The Morgan fingerprint density at radius 2 is 2.18 bits per heavy atom. The van der Waals surface area contributed by atoms with E-state index in [9.17, 15) is 4.79 Å². The lowest BCUT2D eigenvalue weighted by atomic mass is 10.1. The van der Waals surface area contributed by atoms with Crippen LogP contribution in [0.25, 0.3) is 0 Å². The standard InChI is InChI=1S/C14H18N2O/c1-10-4-5-16(9-10)14(17)11-2-3-12-7-15-8-13(12)6-11/h2-3,6,10,15H,4-5,7-9H2,1H3. The molecule has 1 unspecified atom stereocenters. The molecular formula is C14H18N2O. The van der Waals surface area contributed by atoms with Crippen molar-refractivity contribution in [3.05, 3.63) is 34.9 Å². The number of likely N-dealkylation sites (tertiary alicyclic amines) is 1. The Bertz CT molecular complexity index is 456. The van der Waals surface area contributed by atoms with E-state index in [1.54, 1.807) is 0 Å². The first-order valence-electron chi connectivity index (χ1n) is 6.36. The molecule has 3 rings (SSSR count). The predicted molar refractivity (Wildman–Crippen MR) is 66.7 cm³/mol. The Morgan fingerprint density at radius 3 is 2.94 bits per heavy atom. The molecule has 0 radical (unpaired) electrons. The van der Waals surface area contributed by atoms with Crippen molar-refractivity contribution in [2.45, 2.75) is 26.4 Å². The fourth-order valence-corrected chi connectivity index (χ4v) is 2.73. The van der Waals surface area contributed by atoms with Gasteiger partial charge in [0.25, 0.3) is 5.91 Å². The van der Waals surface area contributed by atoms with Crippen LogP contribution in [0, 0.1) is 5.92 Å². The van der Waals surface area contributed by atoms with Crippen LogP contribution in [0.2, 0.25) is 0 Å². The number of hydrogen-bond acceptors (Lipinski definition) is 2. The number of carbonyl (C=O) groups is 1. The summed E-state index contributed by atoms with van der Waals surface area (Å²) in [7, 11) is 0. The molecule has 17 heavy (non-hydrogen) atoms. The first-order chi connectivity index (χ1) is 8.24. The second-order valence-corrected chi connectivity index (χ2v) is 5.23. The van der Waals surface area contributed by atoms with Crippen LogP contribution in [0.4, 0.5) is 0 Å². The molecule has 2 aliphatic rings. The first-order valence-corrected chi connectivity index (χ1v) is 6.36. The third-order valence-electron chi connectivity index (χ3n) is 3.80. The Balaban J connectivity index is 1.82. The third-order valence-corrected chi connectivity index (χ3v) is 3.80. The summed E-state index contributed by atoms with van der Waals surface area (Å²) in [5.41, 5.74) is 3.46. The second-order valence-electron chi connectivity index (χ2n) is 5.23. The molecule has 3 nitrogen and oxygen atoms in total. The summed E-state index contributed by atoms with van der Waals surface area (Å²) in [5.74, 6) is 0.846. The summed E-state index contributed by atoms with van der Waals surface area (Å²) in [4.78, 5) is 14.3. The molecule has 1 saturated heterocycles. The van der Waals surface area contributed by atoms with Gasteiger partial charge in [-0.15, -0.1) is 0 Å². The van der Waals surface area contributed by atoms with Gasteiger partial charge in [0.15, 0.2) is 0 Å². The molecular weight excluding hydrogens is 212 g/mol. The topological polar surface area (TPSA) is 32.3 Å². The van der Waals surface area contributed by atoms with Gasteiger partial charge in [-0.05, 0) is 35.6 Å². The number of benzene rings is 1. The maximum atomic E-state index is 12.3. The molecule has 1 aromatic carbocycles. The van der Waals surface area contributed by atoms with Crippen molar-refractivity contribution < 1.29 is 4.79 Å². The number of rotatable bonds is 1. The molecule has 0 spiro atoms. The molecule has 0 bridgehead atoms. The van der Waals surface area contributed by atoms with E-state index in [4.69, 9.17) is 0 Å². The van der Waals surface area contributed by atoms with Crippen LogP contribution in [0.15, 0.2) is 18.2 Å². The van der Waals surface area contributed by atoms with Crippen LogP contribution in [0.1, 0.15) is 34.8 Å². The minimum Gasteiger partial charge on any atom is -0.338 e. The molecule has 2 aliphatic heterocycles. The van der Waals surface area contributed by atoms with Crippen molar-refractivity contribution >= 4 is 5.91 Å². The average molecular weight is 230 g/mol. The van der Waals surface area contributed by atoms with E-state index < -0.39 is 0 Å². The lowest BCUT2D eigenvalue weighted by Gasteiger charge is -2.16. The van der Waals surface area contributed by atoms with Crippen LogP contribution in [0.3, 0.4) is 0 Å². The van der Waals surface area contributed by atoms with Gasteiger partial charge in [-0.25, -0.2) is 0 Å². The molecule has 1 atom stereocenters. The smallest absolute Gasteiger partial charge is 0.253 e. The highest BCUT2D eigenvalue weighted by atomic mass is 16.2. The molecule has 0 aliphatic carbocycles. The number of nitrogens with zero attached hydrogens (tertiary/aromatic N) is 1. The molecule has 3 heteroatoms. The Kier molecular flexibility index (Phi) is 2.63. The summed E-state index contributed by atoms with van der Waals surface area (Å²) in [6.45, 7) is 5.86. The van der Waals surface area contributed by atoms with E-state index in [0.29, 0.717) is 5.92 Å². The van der Waals surface area contributed by atoms with Crippen molar-refractivity contribution in [1.82, 2.24) is 10.2 Å². The zero-order valence-electron chi connectivity index (χ0n) is 10.2. The normalized spacial score (nSPS) is 22.9. The lowest BCUT2D eigenvalue weighted by Crippen LogP contribution is -2.28. The molecule has 1 N–H and O–H groups in total. The highest BCUT2D eigenvalue weighted by Gasteiger charge is 2.24. The van der Waals surface area contributed by atoms with E-state index in [1.807, 2.05) is 11.0 Å². The van der Waals surface area contributed by atoms with Gasteiger partial charge in [0.1, 0.15) is 0 Å². The second kappa shape index (κ2) is 4.15. The summed E-state index contributed by atoms with van der Waals surface area (Å²) in [5, 5.41) is 3.31. The summed E-state index contributed by atoms with van der Waals surface area (Å²) in [6.07, 6.45) is 1.14. The van der Waals surface area contributed by atoms with Gasteiger partial charge in [-0.1, -0.05) is 13.0 Å². The molecule has 90 valence electrons. The Morgan fingerprint density at radius 1 is 1.35 bits per heavy atom. The fraction of sp³-hybridized carbons (Fsp3) is 0.500. The van der Waals surface area contributed by atoms with Crippen molar-refractivity contribution in [3.8, 4) is 0 Å². The zero-order chi connectivity index (χ0) is 11.8. The largest absolute Gasteiger partial charge is 0.338 e. The highest BCUT2D eigenvalue weighted by Crippen LogP contribution is 2.21. The minimum absolute atomic E-state index is 0.198. The summed E-state index contributed by atoms with van der Waals surface area (Å²) < 4.78 is 0. The molecule has 0 aromatic heterocycles. The number of amides is 1. The van der Waals surface area contributed by atoms with E-state index in [-0.39, 0.29) is 5.91 Å². The van der Waals surface area contributed by atoms with Crippen LogP contribution >= 0.6 is 0 Å². The van der Waals surface area contributed by atoms with Gasteiger partial charge in [0, 0.05) is 31.7 Å². The van der Waals surface area contributed by atoms with Gasteiger partial charge in [-0.2, -0.15) is 0 Å². The van der Waals surface area contributed by atoms with Crippen molar-refractivity contribution in [2.75, 3.05) is 13.1 Å². The molecule has 1 fully saturated rings. The van der Waals surface area contributed by atoms with Gasteiger partial charge < -0.3 is 10.2 Å². The van der Waals surface area contributed by atoms with E-state index in [2.05, 4.69) is 24.4 Å². The zero-order valence-corrected chi connectivity index (χ0v) is 10.2.